The number of aryl methyl sites for hydroxylation is 1. The predicted octanol–water partition coefficient (Wildman–Crippen LogP) is 3.09. The van der Waals surface area contributed by atoms with E-state index in [4.69, 9.17) is 0 Å². The molecule has 0 aliphatic carbocycles. The average molecular weight is 429 g/mol. The fourth-order valence-corrected chi connectivity index (χ4v) is 3.03. The third-order valence-corrected chi connectivity index (χ3v) is 4.17. The number of nitrogens with zero attached hydrogens (tertiary/aromatic N) is 5. The first-order chi connectivity index (χ1) is 12.3. The van der Waals surface area contributed by atoms with Gasteiger partial charge in [0.15, 0.2) is 5.69 Å². The maximum atomic E-state index is 12.9. The van der Waals surface area contributed by atoms with Gasteiger partial charge in [-0.1, -0.05) is 30.3 Å². The van der Waals surface area contributed by atoms with Crippen molar-refractivity contribution in [1.82, 2.24) is 24.5 Å². The van der Waals surface area contributed by atoms with Gasteiger partial charge in [-0.2, -0.15) is 18.3 Å². The molecule has 3 aromatic rings. The second-order valence-electron chi connectivity index (χ2n) is 5.34. The Hall–Kier alpha value is -2.69. The van der Waals surface area contributed by atoms with Crippen LogP contribution in [0.4, 0.5) is 19.1 Å². The number of rotatable bonds is 4. The Balaban J connectivity index is 1.76. The van der Waals surface area contributed by atoms with Crippen LogP contribution in [0.1, 0.15) is 21.7 Å². The number of alkyl halides is 3. The number of carbonyl (C=O) groups is 1. The molecular formula is C15H12BrF3N6O. The maximum Gasteiger partial charge on any atom is 0.436 e. The van der Waals surface area contributed by atoms with Gasteiger partial charge >= 0.3 is 6.18 Å². The van der Waals surface area contributed by atoms with Crippen LogP contribution in [-0.4, -0.2) is 30.5 Å². The summed E-state index contributed by atoms with van der Waals surface area (Å²) in [5.41, 5.74) is -0.469. The van der Waals surface area contributed by atoms with Crippen molar-refractivity contribution in [3.63, 3.8) is 0 Å². The van der Waals surface area contributed by atoms with Gasteiger partial charge in [-0.15, -0.1) is 5.10 Å². The fraction of sp³-hybridized carbons (Fsp3) is 0.200. The lowest BCUT2D eigenvalue weighted by Gasteiger charge is -2.03. The SMILES string of the molecule is Cn1nc(C(F)(F)F)c(Br)c1C(=O)Nc1ncn(Cc2ccccc2)n1. The van der Waals surface area contributed by atoms with Crippen LogP contribution in [0.2, 0.25) is 0 Å². The minimum Gasteiger partial charge on any atom is -0.288 e. The molecule has 0 aliphatic rings. The quantitative estimate of drug-likeness (QED) is 0.692. The highest BCUT2D eigenvalue weighted by Gasteiger charge is 2.39. The zero-order valence-corrected chi connectivity index (χ0v) is 14.9. The molecule has 0 spiro atoms. The summed E-state index contributed by atoms with van der Waals surface area (Å²) in [5, 5.41) is 9.81. The van der Waals surface area contributed by atoms with E-state index >= 15 is 0 Å². The summed E-state index contributed by atoms with van der Waals surface area (Å²) in [4.78, 5) is 16.3. The van der Waals surface area contributed by atoms with Gasteiger partial charge < -0.3 is 0 Å². The first kappa shape index (κ1) is 18.1. The van der Waals surface area contributed by atoms with Gasteiger partial charge in [0.2, 0.25) is 5.95 Å². The zero-order chi connectivity index (χ0) is 18.9. The van der Waals surface area contributed by atoms with Crippen LogP contribution in [-0.2, 0) is 19.8 Å². The van der Waals surface area contributed by atoms with Gasteiger partial charge in [-0.05, 0) is 21.5 Å². The summed E-state index contributed by atoms with van der Waals surface area (Å²) in [6.45, 7) is 0.442. The predicted molar refractivity (Wildman–Crippen MR) is 89.4 cm³/mol. The number of halogens is 4. The van der Waals surface area contributed by atoms with E-state index in [1.165, 1.54) is 18.1 Å². The monoisotopic (exact) mass is 428 g/mol. The molecule has 26 heavy (non-hydrogen) atoms. The van der Waals surface area contributed by atoms with Gasteiger partial charge in [0.05, 0.1) is 11.0 Å². The number of hydrogen-bond donors (Lipinski definition) is 1. The molecule has 11 heteroatoms. The molecule has 0 radical (unpaired) electrons. The average Bonchev–Trinajstić information content (AvgIpc) is 3.11. The molecule has 0 fully saturated rings. The molecule has 0 saturated carbocycles. The lowest BCUT2D eigenvalue weighted by molar-refractivity contribution is -0.142. The summed E-state index contributed by atoms with van der Waals surface area (Å²) in [6.07, 6.45) is -3.26. The van der Waals surface area contributed by atoms with Gasteiger partial charge in [-0.25, -0.2) is 9.67 Å². The van der Waals surface area contributed by atoms with E-state index in [0.717, 1.165) is 10.2 Å². The number of carbonyl (C=O) groups excluding carboxylic acids is 1. The third-order valence-electron chi connectivity index (χ3n) is 3.42. The standard InChI is InChI=1S/C15H12BrF3N6O/c1-24-11(10(16)12(22-24)15(17,18)19)13(26)21-14-20-8-25(23-14)7-9-5-3-2-4-6-9/h2-6,8H,7H2,1H3,(H,21,23,26). The Morgan fingerprint density at radius 3 is 2.54 bits per heavy atom. The molecule has 0 unspecified atom stereocenters. The number of benzene rings is 1. The maximum absolute atomic E-state index is 12.9. The van der Waals surface area contributed by atoms with Crippen molar-refractivity contribution in [3.05, 3.63) is 58.1 Å². The fourth-order valence-electron chi connectivity index (χ4n) is 2.29. The third kappa shape index (κ3) is 3.77. The normalized spacial score (nSPS) is 11.6. The van der Waals surface area contributed by atoms with E-state index in [-0.39, 0.29) is 11.6 Å². The molecule has 0 bridgehead atoms. The summed E-state index contributed by atoms with van der Waals surface area (Å²) < 4.78 is 40.5. The molecule has 1 N–H and O–H groups in total. The summed E-state index contributed by atoms with van der Waals surface area (Å²) >= 11 is 2.79. The van der Waals surface area contributed by atoms with Crippen LogP contribution in [0.3, 0.4) is 0 Å². The van der Waals surface area contributed by atoms with Crippen molar-refractivity contribution in [3.8, 4) is 0 Å². The van der Waals surface area contributed by atoms with E-state index in [2.05, 4.69) is 36.4 Å². The molecule has 1 aromatic carbocycles. The zero-order valence-electron chi connectivity index (χ0n) is 13.3. The van der Waals surface area contributed by atoms with Crippen molar-refractivity contribution < 1.29 is 18.0 Å². The molecule has 0 atom stereocenters. The highest BCUT2D eigenvalue weighted by Crippen LogP contribution is 2.35. The van der Waals surface area contributed by atoms with Gasteiger partial charge in [0.25, 0.3) is 5.91 Å². The van der Waals surface area contributed by atoms with E-state index in [9.17, 15) is 18.0 Å². The van der Waals surface area contributed by atoms with Crippen molar-refractivity contribution in [2.75, 3.05) is 5.32 Å². The number of nitrogens with one attached hydrogen (secondary N) is 1. The van der Waals surface area contributed by atoms with Crippen LogP contribution < -0.4 is 5.32 Å². The summed E-state index contributed by atoms with van der Waals surface area (Å²) in [6, 6.07) is 9.47. The van der Waals surface area contributed by atoms with Crippen LogP contribution in [0.15, 0.2) is 41.1 Å². The number of anilines is 1. The van der Waals surface area contributed by atoms with Crippen molar-refractivity contribution >= 4 is 27.8 Å². The highest BCUT2D eigenvalue weighted by atomic mass is 79.9. The van der Waals surface area contributed by atoms with Crippen molar-refractivity contribution in [2.45, 2.75) is 12.7 Å². The summed E-state index contributed by atoms with van der Waals surface area (Å²) in [7, 11) is 1.25. The number of hydrogen-bond acceptors (Lipinski definition) is 4. The molecule has 1 amide bonds. The summed E-state index contributed by atoms with van der Waals surface area (Å²) in [5.74, 6) is -0.826. The first-order valence-electron chi connectivity index (χ1n) is 7.30. The molecule has 0 aliphatic heterocycles. The lowest BCUT2D eigenvalue weighted by atomic mass is 10.2. The van der Waals surface area contributed by atoms with Gasteiger partial charge in [0, 0.05) is 7.05 Å². The van der Waals surface area contributed by atoms with Gasteiger partial charge in [-0.3, -0.25) is 14.8 Å². The molecule has 3 rings (SSSR count). The lowest BCUT2D eigenvalue weighted by Crippen LogP contribution is -2.17. The van der Waals surface area contributed by atoms with E-state index in [1.54, 1.807) is 0 Å². The van der Waals surface area contributed by atoms with Crippen molar-refractivity contribution in [2.24, 2.45) is 7.05 Å². The number of aromatic nitrogens is 5. The van der Waals surface area contributed by atoms with Crippen LogP contribution in [0.5, 0.6) is 0 Å². The Morgan fingerprint density at radius 1 is 1.23 bits per heavy atom. The van der Waals surface area contributed by atoms with E-state index in [1.807, 2.05) is 30.3 Å². The molecule has 7 nitrogen and oxygen atoms in total. The van der Waals surface area contributed by atoms with E-state index in [0.29, 0.717) is 6.54 Å². The molecule has 136 valence electrons. The second-order valence-corrected chi connectivity index (χ2v) is 6.13. The van der Waals surface area contributed by atoms with Crippen molar-refractivity contribution in [1.29, 1.82) is 0 Å². The van der Waals surface area contributed by atoms with Crippen LogP contribution in [0.25, 0.3) is 0 Å². The Kier molecular flexibility index (Phi) is 4.81. The Bertz CT molecular complexity index is 935. The minimum atomic E-state index is -4.68. The smallest absolute Gasteiger partial charge is 0.288 e. The minimum absolute atomic E-state index is 0.0208. The Morgan fingerprint density at radius 2 is 1.92 bits per heavy atom. The molecule has 2 heterocycles. The largest absolute Gasteiger partial charge is 0.436 e. The topological polar surface area (TPSA) is 77.6 Å². The van der Waals surface area contributed by atoms with Gasteiger partial charge in [0.1, 0.15) is 12.0 Å². The van der Waals surface area contributed by atoms with Crippen LogP contribution in [0, 0.1) is 0 Å². The molecular weight excluding hydrogens is 417 g/mol. The first-order valence-corrected chi connectivity index (χ1v) is 8.09. The second kappa shape index (κ2) is 6.90. The number of amides is 1. The highest BCUT2D eigenvalue weighted by molar-refractivity contribution is 9.10. The Labute approximate surface area is 154 Å². The molecule has 2 aromatic heterocycles. The van der Waals surface area contributed by atoms with Crippen LogP contribution >= 0.6 is 15.9 Å². The molecule has 0 saturated heterocycles. The van der Waals surface area contributed by atoms with E-state index < -0.39 is 22.3 Å².